The predicted molar refractivity (Wildman–Crippen MR) is 50.4 cm³/mol. The number of nitrogens with zero attached hydrogens (tertiary/aromatic N) is 1. The number of nitrogens with one attached hydrogen (secondary N) is 1. The minimum Gasteiger partial charge on any atom is -0.457 e. The lowest BCUT2D eigenvalue weighted by Gasteiger charge is -2.20. The van der Waals surface area contributed by atoms with Crippen LogP contribution in [0.2, 0.25) is 0 Å². The molecule has 0 aromatic carbocycles. The molecule has 4 heteroatoms. The minimum absolute atomic E-state index is 0.308. The zero-order valence-corrected chi connectivity index (χ0v) is 8.13. The number of carbonyl (C=O) groups excluding carboxylic acids is 1. The molecule has 0 bridgehead atoms. The van der Waals surface area contributed by atoms with E-state index in [1.165, 1.54) is 0 Å². The predicted octanol–water partition coefficient (Wildman–Crippen LogP) is 0.843. The number of hydrogen-bond acceptors (Lipinski definition) is 4. The van der Waals surface area contributed by atoms with Crippen molar-refractivity contribution in [3.8, 4) is 0 Å². The first kappa shape index (κ1) is 9.77. The molecule has 1 N–H and O–H groups in total. The van der Waals surface area contributed by atoms with E-state index >= 15 is 0 Å². The fraction of sp³-hybridized carbons (Fsp3) is 0.556. The molecule has 1 aliphatic rings. The fourth-order valence-electron chi connectivity index (χ4n) is 0.847. The van der Waals surface area contributed by atoms with Crippen LogP contribution >= 0.6 is 0 Å². The van der Waals surface area contributed by atoms with Crippen LogP contribution in [0.1, 0.15) is 20.8 Å². The van der Waals surface area contributed by atoms with Gasteiger partial charge in [-0.25, -0.2) is 4.79 Å². The van der Waals surface area contributed by atoms with Gasteiger partial charge in [0.15, 0.2) is 0 Å². The first-order valence-electron chi connectivity index (χ1n) is 4.16. The second-order valence-corrected chi connectivity index (χ2v) is 3.81. The Labute approximate surface area is 77.7 Å². The summed E-state index contributed by atoms with van der Waals surface area (Å²) in [5.74, 6) is -0.308. The standard InChI is InChI=1S/C9H14N2O2/c1-9(2,3)13-8(12)7-4-10-6-11-5-7/h4,6H,5H2,1-3H3,(H,10,11). The van der Waals surface area contributed by atoms with E-state index in [1.54, 1.807) is 12.5 Å². The quantitative estimate of drug-likeness (QED) is 0.611. The first-order valence-corrected chi connectivity index (χ1v) is 4.16. The summed E-state index contributed by atoms with van der Waals surface area (Å²) in [4.78, 5) is 15.3. The topological polar surface area (TPSA) is 50.7 Å². The van der Waals surface area contributed by atoms with Crippen LogP contribution in [0.15, 0.2) is 16.8 Å². The summed E-state index contributed by atoms with van der Waals surface area (Å²) in [6.07, 6.45) is 3.16. The summed E-state index contributed by atoms with van der Waals surface area (Å²) >= 11 is 0. The van der Waals surface area contributed by atoms with Gasteiger partial charge in [-0.15, -0.1) is 0 Å². The van der Waals surface area contributed by atoms with E-state index in [0.717, 1.165) is 0 Å². The van der Waals surface area contributed by atoms with Crippen LogP contribution in [-0.4, -0.2) is 24.5 Å². The zero-order valence-electron chi connectivity index (χ0n) is 8.13. The number of ether oxygens (including phenoxy) is 1. The highest BCUT2D eigenvalue weighted by atomic mass is 16.6. The van der Waals surface area contributed by atoms with Gasteiger partial charge in [0.25, 0.3) is 0 Å². The third kappa shape index (κ3) is 3.27. The second-order valence-electron chi connectivity index (χ2n) is 3.81. The van der Waals surface area contributed by atoms with Gasteiger partial charge in [0.05, 0.1) is 18.5 Å². The molecule has 0 saturated heterocycles. The van der Waals surface area contributed by atoms with Crippen LogP contribution in [0.3, 0.4) is 0 Å². The average Bonchev–Trinajstić information content (AvgIpc) is 2.03. The van der Waals surface area contributed by atoms with Crippen LogP contribution in [0.25, 0.3) is 0 Å². The lowest BCUT2D eigenvalue weighted by molar-refractivity contribution is -0.149. The molecule has 0 spiro atoms. The Hall–Kier alpha value is -1.32. The lowest BCUT2D eigenvalue weighted by Crippen LogP contribution is -2.27. The SMILES string of the molecule is CC(C)(C)OC(=O)C1=CNC=NC1. The van der Waals surface area contributed by atoms with Crippen LogP contribution in [0.5, 0.6) is 0 Å². The van der Waals surface area contributed by atoms with Crippen molar-refractivity contribution in [1.29, 1.82) is 0 Å². The smallest absolute Gasteiger partial charge is 0.337 e. The van der Waals surface area contributed by atoms with E-state index in [2.05, 4.69) is 10.3 Å². The molecular weight excluding hydrogens is 168 g/mol. The third-order valence-corrected chi connectivity index (χ3v) is 1.35. The Morgan fingerprint density at radius 1 is 1.62 bits per heavy atom. The van der Waals surface area contributed by atoms with Crippen molar-refractivity contribution in [2.24, 2.45) is 4.99 Å². The molecule has 0 radical (unpaired) electrons. The van der Waals surface area contributed by atoms with E-state index in [9.17, 15) is 4.79 Å². The maximum absolute atomic E-state index is 11.4. The average molecular weight is 182 g/mol. The summed E-state index contributed by atoms with van der Waals surface area (Å²) in [7, 11) is 0. The number of carbonyl (C=O) groups is 1. The number of hydrogen-bond donors (Lipinski definition) is 1. The van der Waals surface area contributed by atoms with Crippen molar-refractivity contribution in [1.82, 2.24) is 5.32 Å². The zero-order chi connectivity index (χ0) is 9.90. The number of rotatable bonds is 1. The summed E-state index contributed by atoms with van der Waals surface area (Å²) in [6, 6.07) is 0. The Balaban J connectivity index is 2.53. The van der Waals surface area contributed by atoms with E-state index in [4.69, 9.17) is 4.74 Å². The largest absolute Gasteiger partial charge is 0.457 e. The number of esters is 1. The van der Waals surface area contributed by atoms with Crippen molar-refractivity contribution in [3.05, 3.63) is 11.8 Å². The Morgan fingerprint density at radius 3 is 2.77 bits per heavy atom. The van der Waals surface area contributed by atoms with Crippen molar-refractivity contribution in [2.45, 2.75) is 26.4 Å². The van der Waals surface area contributed by atoms with Gasteiger partial charge in [-0.1, -0.05) is 0 Å². The van der Waals surface area contributed by atoms with Gasteiger partial charge < -0.3 is 10.1 Å². The van der Waals surface area contributed by atoms with Gasteiger partial charge in [-0.2, -0.15) is 0 Å². The summed E-state index contributed by atoms with van der Waals surface area (Å²) in [5.41, 5.74) is 0.108. The normalized spacial score (nSPS) is 16.1. The molecule has 0 aromatic heterocycles. The summed E-state index contributed by atoms with van der Waals surface area (Å²) in [6.45, 7) is 5.91. The van der Waals surface area contributed by atoms with Crippen molar-refractivity contribution < 1.29 is 9.53 Å². The van der Waals surface area contributed by atoms with Gasteiger partial charge in [-0.05, 0) is 20.8 Å². The highest BCUT2D eigenvalue weighted by Crippen LogP contribution is 2.11. The molecule has 0 fully saturated rings. The highest BCUT2D eigenvalue weighted by molar-refractivity contribution is 5.90. The van der Waals surface area contributed by atoms with E-state index in [-0.39, 0.29) is 5.97 Å². The van der Waals surface area contributed by atoms with Gasteiger partial charge in [-0.3, -0.25) is 4.99 Å². The lowest BCUT2D eigenvalue weighted by atomic mass is 10.2. The minimum atomic E-state index is -0.445. The summed E-state index contributed by atoms with van der Waals surface area (Å²) < 4.78 is 5.16. The fourth-order valence-corrected chi connectivity index (χ4v) is 0.847. The van der Waals surface area contributed by atoms with Crippen molar-refractivity contribution >= 4 is 12.3 Å². The van der Waals surface area contributed by atoms with Gasteiger partial charge >= 0.3 is 5.97 Å². The molecule has 4 nitrogen and oxygen atoms in total. The molecule has 1 heterocycles. The van der Waals surface area contributed by atoms with Gasteiger partial charge in [0.2, 0.25) is 0 Å². The third-order valence-electron chi connectivity index (χ3n) is 1.35. The van der Waals surface area contributed by atoms with Crippen molar-refractivity contribution in [3.63, 3.8) is 0 Å². The molecule has 1 rings (SSSR count). The van der Waals surface area contributed by atoms with Crippen LogP contribution in [-0.2, 0) is 9.53 Å². The molecule has 0 atom stereocenters. The molecule has 0 aromatic rings. The van der Waals surface area contributed by atoms with Crippen LogP contribution in [0, 0.1) is 0 Å². The molecule has 0 aliphatic carbocycles. The molecule has 13 heavy (non-hydrogen) atoms. The second kappa shape index (κ2) is 3.60. The molecule has 0 amide bonds. The molecule has 1 aliphatic heterocycles. The van der Waals surface area contributed by atoms with Crippen LogP contribution in [0.4, 0.5) is 0 Å². The Kier molecular flexibility index (Phi) is 2.70. The van der Waals surface area contributed by atoms with Crippen LogP contribution < -0.4 is 5.32 Å². The van der Waals surface area contributed by atoms with Crippen molar-refractivity contribution in [2.75, 3.05) is 6.54 Å². The first-order chi connectivity index (χ1) is 5.99. The molecule has 0 saturated carbocycles. The number of aliphatic imine (C=N–C) groups is 1. The monoisotopic (exact) mass is 182 g/mol. The highest BCUT2D eigenvalue weighted by Gasteiger charge is 2.19. The van der Waals surface area contributed by atoms with Gasteiger partial charge in [0, 0.05) is 6.20 Å². The Morgan fingerprint density at radius 2 is 2.31 bits per heavy atom. The molecular formula is C9H14N2O2. The summed E-state index contributed by atoms with van der Waals surface area (Å²) in [5, 5.41) is 2.75. The molecule has 72 valence electrons. The molecule has 0 unspecified atom stereocenters. The van der Waals surface area contributed by atoms with E-state index in [0.29, 0.717) is 12.1 Å². The van der Waals surface area contributed by atoms with E-state index in [1.807, 2.05) is 20.8 Å². The Bertz CT molecular complexity index is 261. The van der Waals surface area contributed by atoms with E-state index < -0.39 is 5.60 Å². The maximum Gasteiger partial charge on any atom is 0.337 e. The maximum atomic E-state index is 11.4. The van der Waals surface area contributed by atoms with Gasteiger partial charge in [0.1, 0.15) is 5.60 Å².